The van der Waals surface area contributed by atoms with Gasteiger partial charge in [-0.25, -0.2) is 0 Å². The predicted octanol–water partition coefficient (Wildman–Crippen LogP) is 5.09. The third-order valence-electron chi connectivity index (χ3n) is 4.59. The maximum atomic E-state index is 13.1. The molecule has 3 rings (SSSR count). The van der Waals surface area contributed by atoms with Gasteiger partial charge in [-0.2, -0.15) is 0 Å². The zero-order valence-electron chi connectivity index (χ0n) is 17.4. The minimum absolute atomic E-state index is 0.178. The standard InChI is InChI=1S/C24H24N2O3S/c1-15-12-16(2)22(17(3)13-15)26-24(28)21(14-20-6-5-11-30-20)25-23(27)18-7-9-19(29-4)10-8-18/h5-14H,1-4H3,(H,25,27)(H,26,28)/b21-14-. The average molecular weight is 421 g/mol. The summed E-state index contributed by atoms with van der Waals surface area (Å²) in [5.41, 5.74) is 4.43. The van der Waals surface area contributed by atoms with Crippen LogP contribution in [0.1, 0.15) is 31.9 Å². The van der Waals surface area contributed by atoms with E-state index in [4.69, 9.17) is 4.74 Å². The number of rotatable bonds is 6. The average Bonchev–Trinajstić information content (AvgIpc) is 3.23. The van der Waals surface area contributed by atoms with Crippen LogP contribution in [0, 0.1) is 20.8 Å². The van der Waals surface area contributed by atoms with E-state index >= 15 is 0 Å². The molecule has 2 aromatic carbocycles. The van der Waals surface area contributed by atoms with Crippen LogP contribution in [0.4, 0.5) is 5.69 Å². The van der Waals surface area contributed by atoms with E-state index in [0.29, 0.717) is 11.3 Å². The normalized spacial score (nSPS) is 11.1. The summed E-state index contributed by atoms with van der Waals surface area (Å²) in [6.45, 7) is 5.92. The van der Waals surface area contributed by atoms with E-state index in [0.717, 1.165) is 27.3 Å². The number of hydrogen-bond donors (Lipinski definition) is 2. The van der Waals surface area contributed by atoms with Crippen molar-refractivity contribution in [1.82, 2.24) is 5.32 Å². The Morgan fingerprint density at radius 3 is 2.23 bits per heavy atom. The number of aryl methyl sites for hydroxylation is 3. The quantitative estimate of drug-likeness (QED) is 0.546. The molecule has 5 nitrogen and oxygen atoms in total. The molecule has 154 valence electrons. The third-order valence-corrected chi connectivity index (χ3v) is 5.41. The summed E-state index contributed by atoms with van der Waals surface area (Å²) in [7, 11) is 1.57. The van der Waals surface area contributed by atoms with Crippen LogP contribution in [0.25, 0.3) is 6.08 Å². The molecule has 1 aromatic heterocycles. The minimum atomic E-state index is -0.375. The van der Waals surface area contributed by atoms with Gasteiger partial charge in [-0.15, -0.1) is 11.3 Å². The van der Waals surface area contributed by atoms with Gasteiger partial charge < -0.3 is 15.4 Å². The molecule has 0 fully saturated rings. The smallest absolute Gasteiger partial charge is 0.272 e. The lowest BCUT2D eigenvalue weighted by Crippen LogP contribution is -2.31. The van der Waals surface area contributed by atoms with Crippen LogP contribution < -0.4 is 15.4 Å². The van der Waals surface area contributed by atoms with Crippen LogP contribution in [-0.2, 0) is 4.79 Å². The molecule has 0 atom stereocenters. The fourth-order valence-electron chi connectivity index (χ4n) is 3.17. The predicted molar refractivity (Wildman–Crippen MR) is 122 cm³/mol. The Hall–Kier alpha value is -3.38. The Kier molecular flexibility index (Phi) is 6.69. The monoisotopic (exact) mass is 420 g/mol. The van der Waals surface area contributed by atoms with Crippen LogP contribution in [0.15, 0.2) is 59.6 Å². The Bertz CT molecular complexity index is 1060. The van der Waals surface area contributed by atoms with Gasteiger partial charge in [0.1, 0.15) is 11.4 Å². The molecule has 0 radical (unpaired) electrons. The fraction of sp³-hybridized carbons (Fsp3) is 0.167. The Morgan fingerprint density at radius 2 is 1.67 bits per heavy atom. The molecule has 0 aliphatic rings. The molecule has 0 unspecified atom stereocenters. The van der Waals surface area contributed by atoms with Crippen LogP contribution in [0.3, 0.4) is 0 Å². The van der Waals surface area contributed by atoms with Crippen molar-refractivity contribution in [1.29, 1.82) is 0 Å². The zero-order valence-corrected chi connectivity index (χ0v) is 18.2. The molecular formula is C24H24N2O3S. The first-order valence-corrected chi connectivity index (χ1v) is 10.3. The van der Waals surface area contributed by atoms with Crippen molar-refractivity contribution in [3.8, 4) is 5.75 Å². The molecule has 3 aromatic rings. The number of ether oxygens (including phenoxy) is 1. The largest absolute Gasteiger partial charge is 0.497 e. The van der Waals surface area contributed by atoms with E-state index < -0.39 is 0 Å². The number of nitrogens with one attached hydrogen (secondary N) is 2. The lowest BCUT2D eigenvalue weighted by Gasteiger charge is -2.15. The van der Waals surface area contributed by atoms with E-state index in [1.165, 1.54) is 11.3 Å². The van der Waals surface area contributed by atoms with Gasteiger partial charge in [0.25, 0.3) is 11.8 Å². The van der Waals surface area contributed by atoms with Gasteiger partial charge in [-0.05, 0) is 73.7 Å². The molecule has 0 saturated heterocycles. The molecule has 0 spiro atoms. The van der Waals surface area contributed by atoms with Crippen molar-refractivity contribution in [2.45, 2.75) is 20.8 Å². The Morgan fingerprint density at radius 1 is 1.00 bits per heavy atom. The Balaban J connectivity index is 1.87. The van der Waals surface area contributed by atoms with E-state index in [-0.39, 0.29) is 17.5 Å². The van der Waals surface area contributed by atoms with E-state index in [9.17, 15) is 9.59 Å². The molecule has 1 heterocycles. The topological polar surface area (TPSA) is 67.4 Å². The maximum Gasteiger partial charge on any atom is 0.272 e. The molecule has 30 heavy (non-hydrogen) atoms. The van der Waals surface area contributed by atoms with Crippen molar-refractivity contribution < 1.29 is 14.3 Å². The number of carbonyl (C=O) groups excluding carboxylic acids is 2. The maximum absolute atomic E-state index is 13.1. The van der Waals surface area contributed by atoms with Gasteiger partial charge >= 0.3 is 0 Å². The second-order valence-electron chi connectivity index (χ2n) is 6.98. The lowest BCUT2D eigenvalue weighted by atomic mass is 10.0. The minimum Gasteiger partial charge on any atom is -0.497 e. The number of carbonyl (C=O) groups is 2. The summed E-state index contributed by atoms with van der Waals surface area (Å²) < 4.78 is 5.13. The second-order valence-corrected chi connectivity index (χ2v) is 7.96. The van der Waals surface area contributed by atoms with Crippen molar-refractivity contribution >= 4 is 34.9 Å². The molecular weight excluding hydrogens is 396 g/mol. The van der Waals surface area contributed by atoms with Crippen LogP contribution >= 0.6 is 11.3 Å². The van der Waals surface area contributed by atoms with Crippen molar-refractivity contribution in [2.75, 3.05) is 12.4 Å². The molecule has 0 aliphatic heterocycles. The first-order valence-electron chi connectivity index (χ1n) is 9.47. The molecule has 0 bridgehead atoms. The fourth-order valence-corrected chi connectivity index (χ4v) is 3.83. The highest BCUT2D eigenvalue weighted by atomic mass is 32.1. The molecule has 6 heteroatoms. The number of hydrogen-bond acceptors (Lipinski definition) is 4. The highest BCUT2D eigenvalue weighted by Crippen LogP contribution is 2.23. The number of methoxy groups -OCH3 is 1. The van der Waals surface area contributed by atoms with Crippen LogP contribution in [0.2, 0.25) is 0 Å². The molecule has 2 N–H and O–H groups in total. The van der Waals surface area contributed by atoms with Crippen LogP contribution in [0.5, 0.6) is 5.75 Å². The second kappa shape index (κ2) is 9.41. The first kappa shape index (κ1) is 21.3. The summed E-state index contributed by atoms with van der Waals surface area (Å²) in [5, 5.41) is 7.63. The first-order chi connectivity index (χ1) is 14.4. The lowest BCUT2D eigenvalue weighted by molar-refractivity contribution is -0.113. The summed E-state index contributed by atoms with van der Waals surface area (Å²) in [5.74, 6) is -0.0859. The van der Waals surface area contributed by atoms with Gasteiger partial charge in [-0.3, -0.25) is 9.59 Å². The number of amides is 2. The van der Waals surface area contributed by atoms with Gasteiger partial charge in [-0.1, -0.05) is 23.8 Å². The number of thiophene rings is 1. The van der Waals surface area contributed by atoms with Gasteiger partial charge in [0.15, 0.2) is 0 Å². The van der Waals surface area contributed by atoms with E-state index in [1.54, 1.807) is 37.5 Å². The molecule has 2 amide bonds. The summed E-state index contributed by atoms with van der Waals surface area (Å²) >= 11 is 1.49. The highest BCUT2D eigenvalue weighted by molar-refractivity contribution is 7.10. The van der Waals surface area contributed by atoms with Crippen molar-refractivity contribution in [3.05, 3.63) is 86.7 Å². The highest BCUT2D eigenvalue weighted by Gasteiger charge is 2.17. The van der Waals surface area contributed by atoms with Gasteiger partial charge in [0, 0.05) is 16.1 Å². The summed E-state index contributed by atoms with van der Waals surface area (Å²) in [6, 6.07) is 14.5. The van der Waals surface area contributed by atoms with E-state index in [2.05, 4.69) is 10.6 Å². The van der Waals surface area contributed by atoms with Crippen molar-refractivity contribution in [3.63, 3.8) is 0 Å². The van der Waals surface area contributed by atoms with Gasteiger partial charge in [0.05, 0.1) is 7.11 Å². The summed E-state index contributed by atoms with van der Waals surface area (Å²) in [6.07, 6.45) is 1.68. The SMILES string of the molecule is COc1ccc(C(=O)N/C(=C\c2cccs2)C(=O)Nc2c(C)cc(C)cc2C)cc1. The van der Waals surface area contributed by atoms with Crippen molar-refractivity contribution in [2.24, 2.45) is 0 Å². The third kappa shape index (κ3) is 5.15. The van der Waals surface area contributed by atoms with Gasteiger partial charge in [0.2, 0.25) is 0 Å². The number of anilines is 1. The zero-order chi connectivity index (χ0) is 21.7. The molecule has 0 aliphatic carbocycles. The Labute approximate surface area is 180 Å². The number of benzene rings is 2. The summed E-state index contributed by atoms with van der Waals surface area (Å²) in [4.78, 5) is 26.7. The van der Waals surface area contributed by atoms with E-state index in [1.807, 2.05) is 50.4 Å². The van der Waals surface area contributed by atoms with Crippen LogP contribution in [-0.4, -0.2) is 18.9 Å². The molecule has 0 saturated carbocycles.